The maximum atomic E-state index is 13.3. The summed E-state index contributed by atoms with van der Waals surface area (Å²) < 4.78 is 18.9. The molecule has 20 heavy (non-hydrogen) atoms. The number of aromatic nitrogens is 1. The van der Waals surface area contributed by atoms with Gasteiger partial charge in [0.15, 0.2) is 5.78 Å². The number of aromatic amines is 1. The number of benzene rings is 1. The van der Waals surface area contributed by atoms with E-state index in [1.807, 2.05) is 0 Å². The van der Waals surface area contributed by atoms with Crippen molar-refractivity contribution in [3.63, 3.8) is 0 Å². The summed E-state index contributed by atoms with van der Waals surface area (Å²) in [5.74, 6) is -0.266. The van der Waals surface area contributed by atoms with Gasteiger partial charge in [-0.25, -0.2) is 4.39 Å². The van der Waals surface area contributed by atoms with Crippen LogP contribution in [0, 0.1) is 5.82 Å². The van der Waals surface area contributed by atoms with Gasteiger partial charge in [0.05, 0.1) is 6.10 Å². The van der Waals surface area contributed by atoms with Crippen LogP contribution in [0.2, 0.25) is 0 Å². The first-order valence-electron chi connectivity index (χ1n) is 7.15. The lowest BCUT2D eigenvalue weighted by Crippen LogP contribution is -2.19. The molecule has 2 heterocycles. The van der Waals surface area contributed by atoms with Crippen molar-refractivity contribution in [3.05, 3.63) is 35.8 Å². The van der Waals surface area contributed by atoms with Crippen LogP contribution in [0.5, 0.6) is 0 Å². The third-order valence-electron chi connectivity index (χ3n) is 3.91. The minimum absolute atomic E-state index is 0.0519. The zero-order chi connectivity index (χ0) is 13.9. The first-order chi connectivity index (χ1) is 9.74. The van der Waals surface area contributed by atoms with Crippen molar-refractivity contribution < 1.29 is 13.9 Å². The van der Waals surface area contributed by atoms with E-state index in [-0.39, 0.29) is 17.7 Å². The van der Waals surface area contributed by atoms with E-state index in [0.29, 0.717) is 17.4 Å². The lowest BCUT2D eigenvalue weighted by molar-refractivity contribution is 0.0104. The summed E-state index contributed by atoms with van der Waals surface area (Å²) in [4.78, 5) is 15.3. The van der Waals surface area contributed by atoms with Crippen LogP contribution < -0.4 is 0 Å². The Kier molecular flexibility index (Phi) is 3.83. The van der Waals surface area contributed by atoms with Crippen molar-refractivity contribution in [1.29, 1.82) is 0 Å². The molecular formula is C16H18FNO2. The van der Waals surface area contributed by atoms with Crippen molar-refractivity contribution in [3.8, 4) is 0 Å². The minimum atomic E-state index is -0.318. The average Bonchev–Trinajstić information content (AvgIpc) is 2.89. The smallest absolute Gasteiger partial charge is 0.165 e. The van der Waals surface area contributed by atoms with E-state index in [0.717, 1.165) is 31.4 Å². The molecule has 106 valence electrons. The van der Waals surface area contributed by atoms with Crippen LogP contribution in [-0.2, 0) is 4.74 Å². The van der Waals surface area contributed by atoms with Crippen molar-refractivity contribution >= 4 is 16.7 Å². The number of hydrogen-bond donors (Lipinski definition) is 1. The van der Waals surface area contributed by atoms with Gasteiger partial charge in [-0.05, 0) is 43.9 Å². The molecule has 1 atom stereocenters. The topological polar surface area (TPSA) is 42.1 Å². The number of H-pyrrole nitrogens is 1. The summed E-state index contributed by atoms with van der Waals surface area (Å²) in [6, 6.07) is 4.46. The Hall–Kier alpha value is -1.68. The van der Waals surface area contributed by atoms with Crippen molar-refractivity contribution in [1.82, 2.24) is 4.98 Å². The van der Waals surface area contributed by atoms with Gasteiger partial charge >= 0.3 is 0 Å². The molecule has 1 N–H and O–H groups in total. The van der Waals surface area contributed by atoms with E-state index in [2.05, 4.69) is 4.98 Å². The van der Waals surface area contributed by atoms with Gasteiger partial charge in [0.1, 0.15) is 5.82 Å². The summed E-state index contributed by atoms with van der Waals surface area (Å²) in [5.41, 5.74) is 1.37. The van der Waals surface area contributed by atoms with E-state index >= 15 is 0 Å². The van der Waals surface area contributed by atoms with Crippen molar-refractivity contribution in [2.24, 2.45) is 0 Å². The van der Waals surface area contributed by atoms with E-state index in [1.165, 1.54) is 18.6 Å². The van der Waals surface area contributed by atoms with Crippen LogP contribution in [0.4, 0.5) is 4.39 Å². The molecule has 0 bridgehead atoms. The highest BCUT2D eigenvalue weighted by molar-refractivity contribution is 6.07. The Balaban J connectivity index is 1.70. The van der Waals surface area contributed by atoms with Gasteiger partial charge in [-0.1, -0.05) is 0 Å². The number of carbonyl (C=O) groups excluding carboxylic acids is 1. The number of Topliss-reactive ketones (excluding diaryl/α,β-unsaturated/α-hetero) is 1. The van der Waals surface area contributed by atoms with Gasteiger partial charge in [0, 0.05) is 35.7 Å². The summed E-state index contributed by atoms with van der Waals surface area (Å²) in [5, 5.41) is 0.666. The first-order valence-corrected chi connectivity index (χ1v) is 7.15. The van der Waals surface area contributed by atoms with Crippen LogP contribution in [-0.4, -0.2) is 23.5 Å². The molecule has 3 nitrogen and oxygen atoms in total. The molecule has 1 unspecified atom stereocenters. The first kappa shape index (κ1) is 13.3. The Morgan fingerprint density at radius 3 is 3.10 bits per heavy atom. The van der Waals surface area contributed by atoms with Crippen LogP contribution in [0.3, 0.4) is 0 Å². The van der Waals surface area contributed by atoms with Crippen molar-refractivity contribution in [2.45, 2.75) is 38.2 Å². The maximum Gasteiger partial charge on any atom is 0.165 e. The summed E-state index contributed by atoms with van der Waals surface area (Å²) in [7, 11) is 0. The molecule has 2 aromatic rings. The molecule has 1 aliphatic rings. The molecule has 0 saturated carbocycles. The number of ketones is 1. The largest absolute Gasteiger partial charge is 0.378 e. The zero-order valence-electron chi connectivity index (χ0n) is 11.3. The summed E-state index contributed by atoms with van der Waals surface area (Å²) in [6.45, 7) is 0.803. The lowest BCUT2D eigenvalue weighted by atomic mass is 10.00. The number of carbonyl (C=O) groups is 1. The molecular weight excluding hydrogens is 257 g/mol. The molecule has 0 amide bonds. The standard InChI is InChI=1S/C16H18FNO2/c17-11-4-6-15-13(9-11)14(10-18-15)16(19)7-5-12-3-1-2-8-20-12/h4,6,9-10,12,18H,1-3,5,7-8H2. The van der Waals surface area contributed by atoms with Gasteiger partial charge in [-0.3, -0.25) is 4.79 Å². The van der Waals surface area contributed by atoms with E-state index in [9.17, 15) is 9.18 Å². The van der Waals surface area contributed by atoms with Crippen molar-refractivity contribution in [2.75, 3.05) is 6.61 Å². The second kappa shape index (κ2) is 5.75. The second-order valence-electron chi connectivity index (χ2n) is 5.34. The third-order valence-corrected chi connectivity index (χ3v) is 3.91. The average molecular weight is 275 g/mol. The minimum Gasteiger partial charge on any atom is -0.378 e. The predicted octanol–water partition coefficient (Wildman–Crippen LogP) is 3.84. The monoisotopic (exact) mass is 275 g/mol. The molecule has 1 aromatic heterocycles. The molecule has 1 saturated heterocycles. The quantitative estimate of drug-likeness (QED) is 0.861. The number of nitrogens with one attached hydrogen (secondary N) is 1. The van der Waals surface area contributed by atoms with Gasteiger partial charge in [-0.2, -0.15) is 0 Å². The van der Waals surface area contributed by atoms with E-state index in [1.54, 1.807) is 12.3 Å². The van der Waals surface area contributed by atoms with Gasteiger partial charge in [0.25, 0.3) is 0 Å². The molecule has 1 aromatic carbocycles. The lowest BCUT2D eigenvalue weighted by Gasteiger charge is -2.22. The molecule has 0 spiro atoms. The van der Waals surface area contributed by atoms with Crippen LogP contribution in [0.25, 0.3) is 10.9 Å². The number of fused-ring (bicyclic) bond motifs is 1. The molecule has 1 fully saturated rings. The fraction of sp³-hybridized carbons (Fsp3) is 0.438. The van der Waals surface area contributed by atoms with Gasteiger partial charge in [0.2, 0.25) is 0 Å². The molecule has 3 rings (SSSR count). The SMILES string of the molecule is O=C(CCC1CCCCO1)c1c[nH]c2ccc(F)cc12. The summed E-state index contributed by atoms with van der Waals surface area (Å²) in [6.07, 6.45) is 6.41. The normalized spacial score (nSPS) is 19.4. The molecule has 1 aliphatic heterocycles. The zero-order valence-corrected chi connectivity index (χ0v) is 11.3. The number of halogens is 1. The van der Waals surface area contributed by atoms with Gasteiger partial charge in [-0.15, -0.1) is 0 Å². The maximum absolute atomic E-state index is 13.3. The number of ether oxygens (including phenoxy) is 1. The number of rotatable bonds is 4. The highest BCUT2D eigenvalue weighted by atomic mass is 19.1. The fourth-order valence-corrected chi connectivity index (χ4v) is 2.79. The Morgan fingerprint density at radius 2 is 2.30 bits per heavy atom. The predicted molar refractivity (Wildman–Crippen MR) is 75.4 cm³/mol. The Labute approximate surface area is 117 Å². The highest BCUT2D eigenvalue weighted by Gasteiger charge is 2.18. The van der Waals surface area contributed by atoms with Gasteiger partial charge < -0.3 is 9.72 Å². The Bertz CT molecular complexity index is 614. The van der Waals surface area contributed by atoms with E-state index in [4.69, 9.17) is 4.74 Å². The number of hydrogen-bond acceptors (Lipinski definition) is 2. The second-order valence-corrected chi connectivity index (χ2v) is 5.34. The van der Waals surface area contributed by atoms with Crippen LogP contribution in [0.1, 0.15) is 42.5 Å². The fourth-order valence-electron chi connectivity index (χ4n) is 2.79. The molecule has 0 aliphatic carbocycles. The summed E-state index contributed by atoms with van der Waals surface area (Å²) >= 11 is 0. The molecule has 4 heteroatoms. The molecule has 0 radical (unpaired) electrons. The third kappa shape index (κ3) is 2.75. The van der Waals surface area contributed by atoms with Crippen LogP contribution >= 0.6 is 0 Å². The van der Waals surface area contributed by atoms with Crippen LogP contribution in [0.15, 0.2) is 24.4 Å². The highest BCUT2D eigenvalue weighted by Crippen LogP contribution is 2.23. The Morgan fingerprint density at radius 1 is 1.40 bits per heavy atom. The van der Waals surface area contributed by atoms with E-state index < -0.39 is 0 Å².